The lowest BCUT2D eigenvalue weighted by Gasteiger charge is -2.41. The van der Waals surface area contributed by atoms with Crippen molar-refractivity contribution < 1.29 is 9.53 Å². The summed E-state index contributed by atoms with van der Waals surface area (Å²) in [6.07, 6.45) is 1.92. The smallest absolute Gasteiger partial charge is 0.410 e. The average Bonchev–Trinajstić information content (AvgIpc) is 2.13. The van der Waals surface area contributed by atoms with Crippen molar-refractivity contribution in [1.29, 1.82) is 0 Å². The molecule has 18 heavy (non-hydrogen) atoms. The Morgan fingerprint density at radius 3 is 2.17 bits per heavy atom. The van der Waals surface area contributed by atoms with Crippen LogP contribution in [0.3, 0.4) is 0 Å². The normalized spacial score (nSPS) is 20.1. The van der Waals surface area contributed by atoms with E-state index in [1.165, 1.54) is 0 Å². The van der Waals surface area contributed by atoms with E-state index in [0.717, 1.165) is 32.5 Å². The molecule has 1 fully saturated rings. The van der Waals surface area contributed by atoms with E-state index in [1.807, 2.05) is 25.7 Å². The van der Waals surface area contributed by atoms with Gasteiger partial charge in [-0.2, -0.15) is 0 Å². The Hall–Kier alpha value is -0.770. The fraction of sp³-hybridized carbons (Fsp3) is 0.929. The molecule has 0 spiro atoms. The molecule has 4 heteroatoms. The molecular formula is C14H28N2O2. The van der Waals surface area contributed by atoms with Crippen LogP contribution in [-0.2, 0) is 4.74 Å². The maximum Gasteiger partial charge on any atom is 0.410 e. The van der Waals surface area contributed by atoms with Crippen LogP contribution >= 0.6 is 0 Å². The van der Waals surface area contributed by atoms with Gasteiger partial charge in [0.2, 0.25) is 0 Å². The zero-order valence-electron chi connectivity index (χ0n) is 12.7. The van der Waals surface area contributed by atoms with Crippen LogP contribution in [0.25, 0.3) is 0 Å². The molecule has 1 rings (SSSR count). The van der Waals surface area contributed by atoms with Crippen LogP contribution in [0.5, 0.6) is 0 Å². The van der Waals surface area contributed by atoms with Crippen molar-refractivity contribution in [1.82, 2.24) is 9.80 Å². The van der Waals surface area contributed by atoms with Crippen molar-refractivity contribution in [2.24, 2.45) is 5.41 Å². The van der Waals surface area contributed by atoms with Gasteiger partial charge in [-0.25, -0.2) is 4.79 Å². The molecule has 0 aromatic heterocycles. The molecule has 0 aromatic carbocycles. The Balaban J connectivity index is 2.46. The molecule has 0 unspecified atom stereocenters. The second-order valence-corrected chi connectivity index (χ2v) is 7.02. The van der Waals surface area contributed by atoms with Gasteiger partial charge in [0.05, 0.1) is 0 Å². The lowest BCUT2D eigenvalue weighted by atomic mass is 9.80. The van der Waals surface area contributed by atoms with Crippen molar-refractivity contribution in [2.75, 3.05) is 33.7 Å². The molecule has 0 saturated carbocycles. The van der Waals surface area contributed by atoms with Gasteiger partial charge in [0.25, 0.3) is 0 Å². The van der Waals surface area contributed by atoms with Gasteiger partial charge in [0.1, 0.15) is 5.60 Å². The van der Waals surface area contributed by atoms with Crippen molar-refractivity contribution in [3.05, 3.63) is 0 Å². The van der Waals surface area contributed by atoms with E-state index in [0.29, 0.717) is 5.41 Å². The molecule has 0 aromatic rings. The number of carbonyl (C=O) groups excluding carboxylic acids is 1. The van der Waals surface area contributed by atoms with Gasteiger partial charge < -0.3 is 14.5 Å². The van der Waals surface area contributed by atoms with Crippen LogP contribution in [0.2, 0.25) is 0 Å². The van der Waals surface area contributed by atoms with Crippen molar-refractivity contribution in [2.45, 2.75) is 46.1 Å². The Morgan fingerprint density at radius 1 is 1.28 bits per heavy atom. The lowest BCUT2D eigenvalue weighted by Crippen LogP contribution is -2.47. The van der Waals surface area contributed by atoms with Crippen LogP contribution in [0.15, 0.2) is 0 Å². The summed E-state index contributed by atoms with van der Waals surface area (Å²) in [5, 5.41) is 0. The van der Waals surface area contributed by atoms with Crippen LogP contribution in [-0.4, -0.2) is 55.2 Å². The number of hydrogen-bond acceptors (Lipinski definition) is 3. The second-order valence-electron chi connectivity index (χ2n) is 7.02. The molecule has 1 aliphatic rings. The molecular weight excluding hydrogens is 228 g/mol. The van der Waals surface area contributed by atoms with E-state index in [9.17, 15) is 4.79 Å². The monoisotopic (exact) mass is 256 g/mol. The topological polar surface area (TPSA) is 32.8 Å². The fourth-order valence-electron chi connectivity index (χ4n) is 2.48. The standard InChI is InChI=1S/C14H28N2O2/c1-13(2,3)18-12(17)16-9-7-14(4,8-10-16)11-15(5)6/h7-11H2,1-6H3. The van der Waals surface area contributed by atoms with Gasteiger partial charge >= 0.3 is 6.09 Å². The van der Waals surface area contributed by atoms with Crippen molar-refractivity contribution in [3.63, 3.8) is 0 Å². The minimum atomic E-state index is -0.401. The molecule has 1 saturated heterocycles. The first-order chi connectivity index (χ1) is 8.11. The van der Waals surface area contributed by atoms with E-state index >= 15 is 0 Å². The van der Waals surface area contributed by atoms with Crippen LogP contribution < -0.4 is 0 Å². The third-order valence-electron chi connectivity index (χ3n) is 3.32. The molecule has 106 valence electrons. The maximum atomic E-state index is 11.9. The summed E-state index contributed by atoms with van der Waals surface area (Å²) in [6, 6.07) is 0. The highest BCUT2D eigenvalue weighted by molar-refractivity contribution is 5.68. The van der Waals surface area contributed by atoms with Crippen LogP contribution in [0.4, 0.5) is 4.79 Å². The predicted octanol–water partition coefficient (Wildman–Crippen LogP) is 2.59. The average molecular weight is 256 g/mol. The van der Waals surface area contributed by atoms with Gasteiger partial charge in [-0.1, -0.05) is 6.92 Å². The highest BCUT2D eigenvalue weighted by atomic mass is 16.6. The first kappa shape index (κ1) is 15.3. The number of piperidine rings is 1. The number of rotatable bonds is 2. The summed E-state index contributed by atoms with van der Waals surface area (Å²) >= 11 is 0. The molecule has 0 radical (unpaired) electrons. The summed E-state index contributed by atoms with van der Waals surface area (Å²) in [7, 11) is 4.21. The van der Waals surface area contributed by atoms with Crippen molar-refractivity contribution >= 4 is 6.09 Å². The number of likely N-dealkylation sites (tertiary alicyclic amines) is 1. The quantitative estimate of drug-likeness (QED) is 0.761. The molecule has 0 aliphatic carbocycles. The zero-order valence-corrected chi connectivity index (χ0v) is 12.7. The molecule has 4 nitrogen and oxygen atoms in total. The molecule has 0 atom stereocenters. The van der Waals surface area contributed by atoms with Crippen LogP contribution in [0, 0.1) is 5.41 Å². The van der Waals surface area contributed by atoms with Gasteiger partial charge in [-0.15, -0.1) is 0 Å². The Labute approximate surface area is 111 Å². The maximum absolute atomic E-state index is 11.9. The number of carbonyl (C=O) groups is 1. The highest BCUT2D eigenvalue weighted by Gasteiger charge is 2.33. The number of ether oxygens (including phenoxy) is 1. The minimum Gasteiger partial charge on any atom is -0.444 e. The molecule has 0 N–H and O–H groups in total. The first-order valence-corrected chi connectivity index (χ1v) is 6.74. The summed E-state index contributed by atoms with van der Waals surface area (Å²) in [5.74, 6) is 0. The fourth-order valence-corrected chi connectivity index (χ4v) is 2.48. The predicted molar refractivity (Wildman–Crippen MR) is 73.7 cm³/mol. The molecule has 1 aliphatic heterocycles. The van der Waals surface area contributed by atoms with Crippen molar-refractivity contribution in [3.8, 4) is 0 Å². The number of amides is 1. The van der Waals surface area contributed by atoms with E-state index < -0.39 is 5.60 Å². The number of nitrogens with zero attached hydrogens (tertiary/aromatic N) is 2. The third kappa shape index (κ3) is 4.84. The Kier molecular flexibility index (Phi) is 4.65. The van der Waals surface area contributed by atoms with E-state index in [4.69, 9.17) is 4.74 Å². The second kappa shape index (κ2) is 5.47. The summed E-state index contributed by atoms with van der Waals surface area (Å²) in [6.45, 7) is 10.7. The molecule has 1 heterocycles. The summed E-state index contributed by atoms with van der Waals surface area (Å²) < 4.78 is 5.40. The third-order valence-corrected chi connectivity index (χ3v) is 3.32. The van der Waals surface area contributed by atoms with E-state index in [2.05, 4.69) is 25.9 Å². The van der Waals surface area contributed by atoms with E-state index in [-0.39, 0.29) is 6.09 Å². The minimum absolute atomic E-state index is 0.172. The Bertz CT molecular complexity index is 287. The van der Waals surface area contributed by atoms with Gasteiger partial charge in [0, 0.05) is 19.6 Å². The largest absolute Gasteiger partial charge is 0.444 e. The first-order valence-electron chi connectivity index (χ1n) is 6.74. The number of hydrogen-bond donors (Lipinski definition) is 0. The highest BCUT2D eigenvalue weighted by Crippen LogP contribution is 2.31. The van der Waals surface area contributed by atoms with Gasteiger partial charge in [-0.05, 0) is 53.1 Å². The SMILES string of the molecule is CN(C)CC1(C)CCN(C(=O)OC(C)(C)C)CC1. The Morgan fingerprint density at radius 2 is 1.78 bits per heavy atom. The molecule has 1 amide bonds. The summed E-state index contributed by atoms with van der Waals surface area (Å²) in [5.41, 5.74) is -0.0799. The van der Waals surface area contributed by atoms with Gasteiger partial charge in [-0.3, -0.25) is 0 Å². The lowest BCUT2D eigenvalue weighted by molar-refractivity contribution is 0.00938. The van der Waals surface area contributed by atoms with Gasteiger partial charge in [0.15, 0.2) is 0 Å². The van der Waals surface area contributed by atoms with E-state index in [1.54, 1.807) is 0 Å². The molecule has 0 bridgehead atoms. The summed E-state index contributed by atoms with van der Waals surface area (Å²) in [4.78, 5) is 16.0. The zero-order chi connectivity index (χ0) is 14.0. The van der Waals surface area contributed by atoms with Crippen LogP contribution in [0.1, 0.15) is 40.5 Å².